The van der Waals surface area contributed by atoms with Crippen LogP contribution in [0.15, 0.2) is 48.5 Å². The Bertz CT molecular complexity index is 1400. The van der Waals surface area contributed by atoms with Crippen LogP contribution in [-0.4, -0.2) is 69.0 Å². The van der Waals surface area contributed by atoms with Crippen molar-refractivity contribution in [1.29, 1.82) is 0 Å². The fourth-order valence-corrected chi connectivity index (χ4v) is 6.82. The normalized spacial score (nSPS) is 13.7. The third-order valence-corrected chi connectivity index (χ3v) is 9.56. The second-order valence-corrected chi connectivity index (χ2v) is 13.7. The Morgan fingerprint density at radius 1 is 0.800 bits per heavy atom. The van der Waals surface area contributed by atoms with E-state index in [9.17, 15) is 9.59 Å². The number of benzene rings is 2. The van der Waals surface area contributed by atoms with E-state index in [2.05, 4.69) is 42.2 Å². The first-order valence-corrected chi connectivity index (χ1v) is 16.4. The Kier molecular flexibility index (Phi) is 13.8. The van der Waals surface area contributed by atoms with E-state index in [1.165, 1.54) is 16.0 Å². The van der Waals surface area contributed by atoms with E-state index in [1.54, 1.807) is 32.7 Å². The second-order valence-electron chi connectivity index (χ2n) is 12.5. The summed E-state index contributed by atoms with van der Waals surface area (Å²) in [6, 6.07) is 16.7. The number of rotatable bonds is 15. The molecule has 9 heteroatoms. The van der Waals surface area contributed by atoms with Crippen molar-refractivity contribution < 1.29 is 23.8 Å². The third-order valence-electron chi connectivity index (χ3n) is 8.37. The van der Waals surface area contributed by atoms with Gasteiger partial charge < -0.3 is 19.1 Å². The number of piperazine rings is 1. The summed E-state index contributed by atoms with van der Waals surface area (Å²) in [7, 11) is 4.85. The molecule has 0 N–H and O–H groups in total. The highest BCUT2D eigenvalue weighted by molar-refractivity contribution is 7.14. The van der Waals surface area contributed by atoms with Gasteiger partial charge in [0.25, 0.3) is 0 Å². The first-order valence-electron chi connectivity index (χ1n) is 15.6. The number of hydrogen-bond acceptors (Lipinski definition) is 7. The number of unbranched alkanes of at least 4 members (excludes halogenated alkanes) is 1. The van der Waals surface area contributed by atoms with E-state index in [1.807, 2.05) is 36.9 Å². The minimum Gasteiger partial charge on any atom is -0.493 e. The molecule has 3 aromatic rings. The van der Waals surface area contributed by atoms with Crippen LogP contribution in [0.1, 0.15) is 70.8 Å². The number of thiophene rings is 1. The highest BCUT2D eigenvalue weighted by atomic mass is 35.5. The maximum Gasteiger partial charge on any atom is 0.223 e. The van der Waals surface area contributed by atoms with Gasteiger partial charge in [-0.15, -0.1) is 23.7 Å². The lowest BCUT2D eigenvalue weighted by Crippen LogP contribution is -2.49. The summed E-state index contributed by atoms with van der Waals surface area (Å²) in [6.07, 6.45) is 5.05. The van der Waals surface area contributed by atoms with E-state index in [0.29, 0.717) is 49.7 Å². The number of amides is 1. The molecule has 1 aliphatic rings. The maximum absolute atomic E-state index is 13.3. The van der Waals surface area contributed by atoms with Crippen molar-refractivity contribution in [3.8, 4) is 17.2 Å². The number of ether oxygens (including phenoxy) is 3. The molecule has 4 rings (SSSR count). The highest BCUT2D eigenvalue weighted by Crippen LogP contribution is 2.40. The lowest BCUT2D eigenvalue weighted by atomic mass is 9.83. The Morgan fingerprint density at radius 2 is 1.47 bits per heavy atom. The van der Waals surface area contributed by atoms with Gasteiger partial charge in [-0.1, -0.05) is 49.7 Å². The molecule has 2 heterocycles. The quantitative estimate of drug-likeness (QED) is 0.125. The van der Waals surface area contributed by atoms with Crippen molar-refractivity contribution >= 4 is 35.4 Å². The second kappa shape index (κ2) is 17.0. The summed E-state index contributed by atoms with van der Waals surface area (Å²) >= 11 is 1.61. The summed E-state index contributed by atoms with van der Waals surface area (Å²) in [4.78, 5) is 32.8. The van der Waals surface area contributed by atoms with E-state index in [-0.39, 0.29) is 24.1 Å². The summed E-state index contributed by atoms with van der Waals surface area (Å²) in [5, 5.41) is 0. The van der Waals surface area contributed by atoms with E-state index in [0.717, 1.165) is 49.2 Å². The van der Waals surface area contributed by atoms with Crippen LogP contribution in [0.5, 0.6) is 17.2 Å². The lowest BCUT2D eigenvalue weighted by molar-refractivity contribution is -0.135. The largest absolute Gasteiger partial charge is 0.493 e. The molecule has 1 fully saturated rings. The van der Waals surface area contributed by atoms with Gasteiger partial charge in [0.15, 0.2) is 17.3 Å². The van der Waals surface area contributed by atoms with Gasteiger partial charge in [0, 0.05) is 56.0 Å². The predicted molar refractivity (Wildman–Crippen MR) is 185 cm³/mol. The Hall–Kier alpha value is -3.07. The number of carbonyl (C=O) groups is 2. The zero-order chi connectivity index (χ0) is 31.7. The van der Waals surface area contributed by atoms with Gasteiger partial charge in [-0.25, -0.2) is 0 Å². The Labute approximate surface area is 279 Å². The van der Waals surface area contributed by atoms with Crippen molar-refractivity contribution in [2.75, 3.05) is 47.5 Å². The number of methoxy groups -OCH3 is 3. The number of ketones is 1. The van der Waals surface area contributed by atoms with Gasteiger partial charge in [0.2, 0.25) is 11.7 Å². The molecule has 1 saturated heterocycles. The van der Waals surface area contributed by atoms with Crippen LogP contribution < -0.4 is 14.2 Å². The molecule has 0 spiro atoms. The molecule has 1 aliphatic heterocycles. The average molecular weight is 657 g/mol. The van der Waals surface area contributed by atoms with E-state index >= 15 is 0 Å². The van der Waals surface area contributed by atoms with E-state index in [4.69, 9.17) is 14.2 Å². The van der Waals surface area contributed by atoms with Crippen LogP contribution in [-0.2, 0) is 24.2 Å². The molecule has 1 amide bonds. The van der Waals surface area contributed by atoms with Crippen LogP contribution in [0.4, 0.5) is 0 Å². The lowest BCUT2D eigenvalue weighted by Gasteiger charge is -2.36. The van der Waals surface area contributed by atoms with Crippen LogP contribution in [0.3, 0.4) is 0 Å². The minimum absolute atomic E-state index is 0. The summed E-state index contributed by atoms with van der Waals surface area (Å²) in [5.41, 5.74) is 3.28. The molecule has 0 saturated carbocycles. The van der Waals surface area contributed by atoms with E-state index < -0.39 is 5.41 Å². The first kappa shape index (κ1) is 36.4. The van der Waals surface area contributed by atoms with Gasteiger partial charge in [0.1, 0.15) is 0 Å². The van der Waals surface area contributed by atoms with Crippen molar-refractivity contribution in [1.82, 2.24) is 9.80 Å². The van der Waals surface area contributed by atoms with Crippen molar-refractivity contribution in [3.05, 3.63) is 75.0 Å². The molecular formula is C36H49ClN2O5S. The molecule has 0 radical (unpaired) electrons. The van der Waals surface area contributed by atoms with Crippen LogP contribution in [0.2, 0.25) is 0 Å². The molecule has 0 bridgehead atoms. The number of carbonyl (C=O) groups excluding carboxylic acids is 2. The monoisotopic (exact) mass is 656 g/mol. The van der Waals surface area contributed by atoms with Gasteiger partial charge in [0.05, 0.1) is 26.2 Å². The van der Waals surface area contributed by atoms with Crippen molar-refractivity contribution in [3.63, 3.8) is 0 Å². The van der Waals surface area contributed by atoms with Crippen molar-refractivity contribution in [2.45, 2.75) is 65.8 Å². The number of aryl methyl sites for hydroxylation is 3. The number of Topliss-reactive ketones (excluding diaryl/α,β-unsaturated/α-hetero) is 1. The molecule has 246 valence electrons. The molecule has 0 unspecified atom stereocenters. The molecule has 0 aliphatic carbocycles. The van der Waals surface area contributed by atoms with Gasteiger partial charge >= 0.3 is 0 Å². The smallest absolute Gasteiger partial charge is 0.223 e. The standard InChI is InChI=1S/C36H48N2O5S.ClH/c1-26-11-13-27(14-12-26)9-7-8-10-29-16-18-32(44-29)30(39)23-36(2,3)24-33(40)38-21-19-37(20-22-38)25-28-15-17-31(41-4)35(43-6)34(28)42-5;/h11-18H,7-10,19-25H2,1-6H3;1H. The zero-order valence-electron chi connectivity index (χ0n) is 27.6. The first-order chi connectivity index (χ1) is 21.1. The number of nitrogens with zero attached hydrogens (tertiary/aromatic N) is 2. The summed E-state index contributed by atoms with van der Waals surface area (Å²) < 4.78 is 16.6. The highest BCUT2D eigenvalue weighted by Gasteiger charge is 2.30. The SMILES string of the molecule is COc1ccc(CN2CCN(C(=O)CC(C)(C)CC(=O)c3ccc(CCCCc4ccc(C)cc4)s3)CC2)c(OC)c1OC.Cl. The Balaban J connectivity index is 0.00000552. The van der Waals surface area contributed by atoms with Gasteiger partial charge in [-0.3, -0.25) is 14.5 Å². The molecule has 1 aromatic heterocycles. The zero-order valence-corrected chi connectivity index (χ0v) is 29.3. The Morgan fingerprint density at radius 3 is 2.11 bits per heavy atom. The topological polar surface area (TPSA) is 68.3 Å². The minimum atomic E-state index is -0.406. The summed E-state index contributed by atoms with van der Waals surface area (Å²) in [5.74, 6) is 2.14. The molecule has 2 aromatic carbocycles. The molecule has 45 heavy (non-hydrogen) atoms. The fourth-order valence-electron chi connectivity index (χ4n) is 5.83. The molecular weight excluding hydrogens is 608 g/mol. The van der Waals surface area contributed by atoms with Gasteiger partial charge in [-0.2, -0.15) is 0 Å². The fraction of sp³-hybridized carbons (Fsp3) is 0.500. The van der Waals surface area contributed by atoms with Crippen LogP contribution in [0, 0.1) is 12.3 Å². The number of hydrogen-bond donors (Lipinski definition) is 0. The third kappa shape index (κ3) is 10.2. The summed E-state index contributed by atoms with van der Waals surface area (Å²) in [6.45, 7) is 9.73. The van der Waals surface area contributed by atoms with Crippen LogP contribution in [0.25, 0.3) is 0 Å². The number of halogens is 1. The maximum atomic E-state index is 13.3. The average Bonchev–Trinajstić information content (AvgIpc) is 3.49. The van der Waals surface area contributed by atoms with Crippen LogP contribution >= 0.6 is 23.7 Å². The predicted octanol–water partition coefficient (Wildman–Crippen LogP) is 7.40. The van der Waals surface area contributed by atoms with Gasteiger partial charge in [-0.05, 0) is 61.8 Å². The molecule has 0 atom stereocenters. The molecule has 7 nitrogen and oxygen atoms in total. The van der Waals surface area contributed by atoms with Crippen molar-refractivity contribution in [2.24, 2.45) is 5.41 Å².